The highest BCUT2D eigenvalue weighted by Gasteiger charge is 2.35. The lowest BCUT2D eigenvalue weighted by Gasteiger charge is -2.32. The number of H-pyrrole nitrogens is 1. The molecule has 0 saturated carbocycles. The van der Waals surface area contributed by atoms with Crippen molar-refractivity contribution >= 4 is 16.9 Å². The van der Waals surface area contributed by atoms with Gasteiger partial charge in [-0.1, -0.05) is 0 Å². The minimum Gasteiger partial charge on any atom is -0.337 e. The number of piperidine rings is 1. The molecule has 1 N–H and O–H groups in total. The molecule has 0 atom stereocenters. The van der Waals surface area contributed by atoms with Crippen LogP contribution in [0.1, 0.15) is 34.9 Å². The number of carbonyl (C=O) groups excluding carboxylic acids is 1. The molecule has 8 nitrogen and oxygen atoms in total. The number of aromatic nitrogens is 5. The van der Waals surface area contributed by atoms with Gasteiger partial charge in [-0.25, -0.2) is 22.6 Å². The lowest BCUT2D eigenvalue weighted by atomic mass is 10.0. The van der Waals surface area contributed by atoms with Crippen molar-refractivity contribution in [3.63, 3.8) is 0 Å². The number of amides is 1. The summed E-state index contributed by atoms with van der Waals surface area (Å²) < 4.78 is 85.0. The molecule has 216 valence electrons. The summed E-state index contributed by atoms with van der Waals surface area (Å²) in [4.78, 5) is 34.1. The quantitative estimate of drug-likeness (QED) is 0.282. The second-order valence-corrected chi connectivity index (χ2v) is 9.81. The van der Waals surface area contributed by atoms with Crippen molar-refractivity contribution in [2.75, 3.05) is 13.1 Å². The van der Waals surface area contributed by atoms with Crippen LogP contribution in [0.3, 0.4) is 0 Å². The van der Waals surface area contributed by atoms with E-state index in [1.165, 1.54) is 29.4 Å². The molecule has 1 fully saturated rings. The van der Waals surface area contributed by atoms with Crippen molar-refractivity contribution in [1.29, 1.82) is 0 Å². The number of hydrogen-bond donors (Lipinski definition) is 1. The first-order valence-corrected chi connectivity index (χ1v) is 12.8. The smallest absolute Gasteiger partial charge is 0.337 e. The van der Waals surface area contributed by atoms with Crippen LogP contribution in [0.25, 0.3) is 28.0 Å². The van der Waals surface area contributed by atoms with Crippen molar-refractivity contribution in [2.24, 2.45) is 0 Å². The molecule has 1 aliphatic heterocycles. The van der Waals surface area contributed by atoms with E-state index in [-0.39, 0.29) is 54.0 Å². The lowest BCUT2D eigenvalue weighted by molar-refractivity contribution is -0.140. The van der Waals surface area contributed by atoms with Gasteiger partial charge in [-0.05, 0) is 61.4 Å². The van der Waals surface area contributed by atoms with Gasteiger partial charge in [0.1, 0.15) is 11.3 Å². The number of likely N-dealkylation sites (tertiary alicyclic amines) is 1. The van der Waals surface area contributed by atoms with Crippen LogP contribution in [0, 0.1) is 17.5 Å². The van der Waals surface area contributed by atoms with Gasteiger partial charge >= 0.3 is 11.9 Å². The van der Waals surface area contributed by atoms with E-state index in [1.54, 1.807) is 12.1 Å². The molecule has 0 aliphatic carbocycles. The molecule has 42 heavy (non-hydrogen) atoms. The highest BCUT2D eigenvalue weighted by atomic mass is 19.4. The average molecular weight is 586 g/mol. The van der Waals surface area contributed by atoms with E-state index in [1.807, 2.05) is 0 Å². The second kappa shape index (κ2) is 10.2. The molecule has 0 bridgehead atoms. The fourth-order valence-electron chi connectivity index (χ4n) is 5.26. The highest BCUT2D eigenvalue weighted by Crippen LogP contribution is 2.34. The van der Waals surface area contributed by atoms with E-state index in [9.17, 15) is 35.9 Å². The van der Waals surface area contributed by atoms with Crippen molar-refractivity contribution in [1.82, 2.24) is 29.2 Å². The lowest BCUT2D eigenvalue weighted by Crippen LogP contribution is -2.40. The average Bonchev–Trinajstić information content (AvgIpc) is 3.57. The Hall–Kier alpha value is -4.88. The largest absolute Gasteiger partial charge is 0.419 e. The number of benzene rings is 2. The Morgan fingerprint density at radius 1 is 0.976 bits per heavy atom. The van der Waals surface area contributed by atoms with Crippen molar-refractivity contribution in [2.45, 2.75) is 25.1 Å². The van der Waals surface area contributed by atoms with Crippen molar-refractivity contribution in [3.05, 3.63) is 100 Å². The SMILES string of the molecule is O=C(c1cc(-c2cccnc2)n(-c2ccc(F)c(C(F)(F)F)c2)n1)N1CCC(n2c(=O)[nH]c3ccc(F)c(F)c32)CC1. The molecule has 1 saturated heterocycles. The van der Waals surface area contributed by atoms with Crippen LogP contribution in [-0.4, -0.2) is 48.2 Å². The van der Waals surface area contributed by atoms with E-state index < -0.39 is 46.8 Å². The molecule has 14 heteroatoms. The van der Waals surface area contributed by atoms with Gasteiger partial charge < -0.3 is 9.88 Å². The molecule has 5 aromatic rings. The summed E-state index contributed by atoms with van der Waals surface area (Å²) in [5.41, 5.74) is -1.60. The van der Waals surface area contributed by atoms with E-state index in [4.69, 9.17) is 0 Å². The van der Waals surface area contributed by atoms with Crippen LogP contribution in [0.2, 0.25) is 0 Å². The summed E-state index contributed by atoms with van der Waals surface area (Å²) in [7, 11) is 0. The monoisotopic (exact) mass is 586 g/mol. The van der Waals surface area contributed by atoms with E-state index in [0.717, 1.165) is 21.4 Å². The maximum Gasteiger partial charge on any atom is 0.419 e. The molecule has 2 aromatic carbocycles. The zero-order chi connectivity index (χ0) is 29.8. The van der Waals surface area contributed by atoms with Gasteiger partial charge in [0.05, 0.1) is 22.5 Å². The Morgan fingerprint density at radius 3 is 2.40 bits per heavy atom. The number of alkyl halides is 3. The summed E-state index contributed by atoms with van der Waals surface area (Å²) in [6.07, 6.45) is -1.51. The van der Waals surface area contributed by atoms with E-state index in [2.05, 4.69) is 15.1 Å². The number of nitrogens with one attached hydrogen (secondary N) is 1. The third-order valence-corrected chi connectivity index (χ3v) is 7.27. The fourth-order valence-corrected chi connectivity index (χ4v) is 5.26. The predicted molar refractivity (Wildman–Crippen MR) is 138 cm³/mol. The predicted octanol–water partition coefficient (Wildman–Crippen LogP) is 5.49. The summed E-state index contributed by atoms with van der Waals surface area (Å²) in [6.45, 7) is 0.285. The number of halogens is 6. The molecular weight excluding hydrogens is 566 g/mol. The highest BCUT2D eigenvalue weighted by molar-refractivity contribution is 5.93. The standard InChI is InChI=1S/C28H20F6N6O2/c29-19-4-3-17(12-18(19)28(32,33)34)40-23(15-2-1-9-35-14-15)13-22(37-40)26(41)38-10-7-16(8-11-38)39-25-21(36-27(39)42)6-5-20(30)24(25)31/h1-6,9,12-14,16H,7-8,10-11H2,(H,36,42). The number of nitrogens with zero attached hydrogens (tertiary/aromatic N) is 5. The number of imidazole rings is 1. The van der Waals surface area contributed by atoms with Crippen LogP contribution in [-0.2, 0) is 6.18 Å². The van der Waals surface area contributed by atoms with Gasteiger partial charge in [-0.2, -0.15) is 18.3 Å². The third kappa shape index (κ3) is 4.72. The molecule has 0 radical (unpaired) electrons. The third-order valence-electron chi connectivity index (χ3n) is 7.27. The van der Waals surface area contributed by atoms with Crippen molar-refractivity contribution < 1.29 is 31.1 Å². The van der Waals surface area contributed by atoms with Gasteiger partial charge in [0.15, 0.2) is 17.3 Å². The van der Waals surface area contributed by atoms with Crippen LogP contribution in [0.15, 0.2) is 65.7 Å². The minimum atomic E-state index is -4.95. The summed E-state index contributed by atoms with van der Waals surface area (Å²) >= 11 is 0. The Bertz CT molecular complexity index is 1870. The van der Waals surface area contributed by atoms with Gasteiger partial charge in [0.25, 0.3) is 5.91 Å². The van der Waals surface area contributed by atoms with Gasteiger partial charge in [0.2, 0.25) is 0 Å². The molecule has 0 unspecified atom stereocenters. The molecular formula is C28H20F6N6O2. The Morgan fingerprint density at radius 2 is 1.71 bits per heavy atom. The zero-order valence-electron chi connectivity index (χ0n) is 21.5. The summed E-state index contributed by atoms with van der Waals surface area (Å²) in [5, 5.41) is 4.29. The number of fused-ring (bicyclic) bond motifs is 1. The zero-order valence-corrected chi connectivity index (χ0v) is 21.5. The Labute approximate surface area is 232 Å². The van der Waals surface area contributed by atoms with Gasteiger partial charge in [-0.3, -0.25) is 14.3 Å². The molecule has 1 amide bonds. The normalized spacial score (nSPS) is 14.6. The van der Waals surface area contributed by atoms with Crippen LogP contribution in [0.5, 0.6) is 0 Å². The van der Waals surface area contributed by atoms with Crippen molar-refractivity contribution in [3.8, 4) is 16.9 Å². The van der Waals surface area contributed by atoms with Crippen LogP contribution < -0.4 is 5.69 Å². The fraction of sp³-hybridized carbons (Fsp3) is 0.214. The number of hydrogen-bond acceptors (Lipinski definition) is 4. The topological polar surface area (TPSA) is 88.8 Å². The Kier molecular flexibility index (Phi) is 6.62. The van der Waals surface area contributed by atoms with E-state index >= 15 is 0 Å². The summed E-state index contributed by atoms with van der Waals surface area (Å²) in [5.74, 6) is -4.21. The Balaban J connectivity index is 1.31. The first kappa shape index (κ1) is 27.3. The first-order valence-electron chi connectivity index (χ1n) is 12.8. The van der Waals surface area contributed by atoms with E-state index in [0.29, 0.717) is 17.7 Å². The molecule has 3 aromatic heterocycles. The molecule has 6 rings (SSSR count). The van der Waals surface area contributed by atoms with Gasteiger partial charge in [0, 0.05) is 37.1 Å². The van der Waals surface area contributed by atoms with Crippen LogP contribution in [0.4, 0.5) is 26.3 Å². The van der Waals surface area contributed by atoms with Gasteiger partial charge in [-0.15, -0.1) is 0 Å². The second-order valence-electron chi connectivity index (χ2n) is 9.81. The number of rotatable bonds is 4. The number of carbonyl (C=O) groups is 1. The molecule has 1 aliphatic rings. The minimum absolute atomic E-state index is 0.0810. The number of aromatic amines is 1. The van der Waals surface area contributed by atoms with Crippen LogP contribution >= 0.6 is 0 Å². The summed E-state index contributed by atoms with van der Waals surface area (Å²) in [6, 6.07) is 8.75. The molecule has 0 spiro atoms. The number of pyridine rings is 1. The molecule has 4 heterocycles. The maximum atomic E-state index is 14.6. The maximum absolute atomic E-state index is 14.6. The first-order chi connectivity index (χ1) is 20.0.